The summed E-state index contributed by atoms with van der Waals surface area (Å²) in [6.07, 6.45) is 11.0. The largest absolute Gasteiger partial charge is 0.273 e. The molecule has 1 aliphatic heterocycles. The molecule has 3 nitrogen and oxygen atoms in total. The second-order valence-corrected chi connectivity index (χ2v) is 3.99. The summed E-state index contributed by atoms with van der Waals surface area (Å²) in [4.78, 5) is 17.1. The van der Waals surface area contributed by atoms with Gasteiger partial charge in [-0.3, -0.25) is 9.63 Å². The maximum atomic E-state index is 11.8. The van der Waals surface area contributed by atoms with E-state index in [9.17, 15) is 4.79 Å². The molecular formula is C14H21NO2. The highest BCUT2D eigenvalue weighted by molar-refractivity contribution is 5.75. The Balaban J connectivity index is 2.35. The van der Waals surface area contributed by atoms with E-state index in [1.54, 1.807) is 6.08 Å². The van der Waals surface area contributed by atoms with E-state index in [0.29, 0.717) is 13.0 Å². The van der Waals surface area contributed by atoms with Gasteiger partial charge in [0, 0.05) is 13.0 Å². The minimum atomic E-state index is 0.0797. The van der Waals surface area contributed by atoms with Crippen LogP contribution < -0.4 is 0 Å². The topological polar surface area (TPSA) is 29.5 Å². The Morgan fingerprint density at radius 3 is 2.82 bits per heavy atom. The van der Waals surface area contributed by atoms with E-state index in [-0.39, 0.29) is 5.91 Å². The number of hydrogen-bond donors (Lipinski definition) is 0. The molecule has 0 aliphatic carbocycles. The lowest BCUT2D eigenvalue weighted by atomic mass is 10.1. The van der Waals surface area contributed by atoms with Crippen molar-refractivity contribution in [3.05, 3.63) is 36.5 Å². The van der Waals surface area contributed by atoms with Gasteiger partial charge in [-0.15, -0.1) is 0 Å². The number of carbonyl (C=O) groups excluding carboxylic acids is 1. The van der Waals surface area contributed by atoms with Crippen molar-refractivity contribution in [2.75, 3.05) is 13.2 Å². The Hall–Kier alpha value is -1.35. The standard InChI is InChI=1S/C14H21NO2/c1-3-5-8-13(4-2)9-10-14(16)15-11-6-7-12-17-15/h3-5,8H,1,6-7,9-12H2,2H3/b8-5-,13-4+. The SMILES string of the molecule is C=C/C=C\C(=C/C)CCC(=O)N1CCCCO1. The molecule has 0 saturated carbocycles. The molecule has 0 aromatic carbocycles. The zero-order valence-corrected chi connectivity index (χ0v) is 10.5. The molecule has 1 amide bonds. The summed E-state index contributed by atoms with van der Waals surface area (Å²) in [5.74, 6) is 0.0797. The summed E-state index contributed by atoms with van der Waals surface area (Å²) in [6.45, 7) is 7.00. The Kier molecular flexibility index (Phi) is 6.33. The van der Waals surface area contributed by atoms with Crippen LogP contribution in [-0.2, 0) is 9.63 Å². The molecule has 1 aliphatic rings. The first-order valence-corrected chi connectivity index (χ1v) is 6.15. The van der Waals surface area contributed by atoms with E-state index in [0.717, 1.165) is 31.4 Å². The maximum absolute atomic E-state index is 11.8. The fraction of sp³-hybridized carbons (Fsp3) is 0.500. The number of hydroxylamine groups is 2. The highest BCUT2D eigenvalue weighted by Gasteiger charge is 2.17. The lowest BCUT2D eigenvalue weighted by Crippen LogP contribution is -2.35. The zero-order valence-electron chi connectivity index (χ0n) is 10.5. The van der Waals surface area contributed by atoms with Crippen molar-refractivity contribution in [2.24, 2.45) is 0 Å². The quantitative estimate of drug-likeness (QED) is 0.685. The summed E-state index contributed by atoms with van der Waals surface area (Å²) >= 11 is 0. The molecule has 17 heavy (non-hydrogen) atoms. The van der Waals surface area contributed by atoms with Gasteiger partial charge < -0.3 is 0 Å². The smallest absolute Gasteiger partial charge is 0.246 e. The Morgan fingerprint density at radius 2 is 2.24 bits per heavy atom. The lowest BCUT2D eigenvalue weighted by Gasteiger charge is -2.25. The molecule has 0 bridgehead atoms. The fourth-order valence-electron chi connectivity index (χ4n) is 1.68. The number of allylic oxidation sites excluding steroid dienone is 5. The third-order valence-corrected chi connectivity index (χ3v) is 2.73. The second-order valence-electron chi connectivity index (χ2n) is 3.99. The molecule has 1 rings (SSSR count). The number of nitrogens with zero attached hydrogens (tertiary/aromatic N) is 1. The zero-order chi connectivity index (χ0) is 12.5. The molecule has 0 unspecified atom stereocenters. The molecule has 3 heteroatoms. The third kappa shape index (κ3) is 5.00. The van der Waals surface area contributed by atoms with Gasteiger partial charge in [-0.25, -0.2) is 5.06 Å². The molecule has 0 N–H and O–H groups in total. The van der Waals surface area contributed by atoms with Gasteiger partial charge in [-0.1, -0.05) is 36.5 Å². The van der Waals surface area contributed by atoms with Gasteiger partial charge in [0.1, 0.15) is 0 Å². The van der Waals surface area contributed by atoms with Crippen molar-refractivity contribution in [1.82, 2.24) is 5.06 Å². The minimum absolute atomic E-state index is 0.0797. The van der Waals surface area contributed by atoms with E-state index < -0.39 is 0 Å². The van der Waals surface area contributed by atoms with Crippen molar-refractivity contribution in [1.29, 1.82) is 0 Å². The van der Waals surface area contributed by atoms with Crippen LogP contribution in [-0.4, -0.2) is 24.1 Å². The van der Waals surface area contributed by atoms with Crippen molar-refractivity contribution in [3.63, 3.8) is 0 Å². The molecule has 0 aromatic rings. The lowest BCUT2D eigenvalue weighted by molar-refractivity contribution is -0.197. The van der Waals surface area contributed by atoms with Crippen molar-refractivity contribution >= 4 is 5.91 Å². The van der Waals surface area contributed by atoms with Crippen LogP contribution in [0, 0.1) is 0 Å². The molecule has 0 atom stereocenters. The van der Waals surface area contributed by atoms with E-state index in [4.69, 9.17) is 4.84 Å². The summed E-state index contributed by atoms with van der Waals surface area (Å²) < 4.78 is 0. The van der Waals surface area contributed by atoms with Crippen molar-refractivity contribution in [2.45, 2.75) is 32.6 Å². The van der Waals surface area contributed by atoms with Crippen LogP contribution in [0.1, 0.15) is 32.6 Å². The van der Waals surface area contributed by atoms with E-state index in [2.05, 4.69) is 6.58 Å². The van der Waals surface area contributed by atoms with Crippen LogP contribution in [0.3, 0.4) is 0 Å². The van der Waals surface area contributed by atoms with Gasteiger partial charge in [0.15, 0.2) is 0 Å². The highest BCUT2D eigenvalue weighted by atomic mass is 16.7. The summed E-state index contributed by atoms with van der Waals surface area (Å²) in [5.41, 5.74) is 1.15. The number of rotatable bonds is 5. The van der Waals surface area contributed by atoms with Crippen molar-refractivity contribution < 1.29 is 9.63 Å². The first kappa shape index (κ1) is 13.7. The molecule has 1 saturated heterocycles. The highest BCUT2D eigenvalue weighted by Crippen LogP contribution is 2.12. The first-order valence-electron chi connectivity index (χ1n) is 6.15. The molecule has 1 fully saturated rings. The Morgan fingerprint density at radius 1 is 1.41 bits per heavy atom. The van der Waals surface area contributed by atoms with Gasteiger partial charge in [0.25, 0.3) is 0 Å². The van der Waals surface area contributed by atoms with E-state index in [1.165, 1.54) is 5.06 Å². The predicted octanol–water partition coefficient (Wildman–Crippen LogP) is 3.01. The number of carbonyl (C=O) groups is 1. The predicted molar refractivity (Wildman–Crippen MR) is 69.2 cm³/mol. The summed E-state index contributed by atoms with van der Waals surface area (Å²) in [5, 5.41) is 1.51. The van der Waals surface area contributed by atoms with E-state index in [1.807, 2.05) is 25.2 Å². The van der Waals surface area contributed by atoms with Gasteiger partial charge in [-0.2, -0.15) is 0 Å². The second kappa shape index (κ2) is 7.85. The third-order valence-electron chi connectivity index (χ3n) is 2.73. The van der Waals surface area contributed by atoms with Crippen LogP contribution in [0.15, 0.2) is 36.5 Å². The van der Waals surface area contributed by atoms with Crippen LogP contribution in [0.2, 0.25) is 0 Å². The molecule has 0 spiro atoms. The van der Waals surface area contributed by atoms with Crippen molar-refractivity contribution in [3.8, 4) is 0 Å². The first-order chi connectivity index (χ1) is 8.27. The molecule has 0 radical (unpaired) electrons. The number of hydrogen-bond acceptors (Lipinski definition) is 2. The number of amides is 1. The normalized spacial score (nSPS) is 17.5. The van der Waals surface area contributed by atoms with Crippen LogP contribution >= 0.6 is 0 Å². The minimum Gasteiger partial charge on any atom is -0.273 e. The molecule has 0 aromatic heterocycles. The van der Waals surface area contributed by atoms with E-state index >= 15 is 0 Å². The Labute approximate surface area is 103 Å². The van der Waals surface area contributed by atoms with Gasteiger partial charge in [0.2, 0.25) is 5.91 Å². The fourth-order valence-corrected chi connectivity index (χ4v) is 1.68. The average Bonchev–Trinajstić information content (AvgIpc) is 2.39. The molecule has 94 valence electrons. The van der Waals surface area contributed by atoms with Gasteiger partial charge >= 0.3 is 0 Å². The maximum Gasteiger partial charge on any atom is 0.246 e. The van der Waals surface area contributed by atoms with Gasteiger partial charge in [-0.05, 0) is 26.2 Å². The van der Waals surface area contributed by atoms with Gasteiger partial charge in [0.05, 0.1) is 6.61 Å². The Bertz CT molecular complexity index is 312. The molecular weight excluding hydrogens is 214 g/mol. The average molecular weight is 235 g/mol. The molecule has 1 heterocycles. The monoisotopic (exact) mass is 235 g/mol. The van der Waals surface area contributed by atoms with Crippen LogP contribution in [0.25, 0.3) is 0 Å². The van der Waals surface area contributed by atoms with Crippen LogP contribution in [0.4, 0.5) is 0 Å². The summed E-state index contributed by atoms with van der Waals surface area (Å²) in [7, 11) is 0. The summed E-state index contributed by atoms with van der Waals surface area (Å²) in [6, 6.07) is 0. The van der Waals surface area contributed by atoms with Crippen LogP contribution in [0.5, 0.6) is 0 Å².